The first-order valence-electron chi connectivity index (χ1n) is 6.77. The molecular weight excluding hydrogens is 322 g/mol. The molecule has 0 spiro atoms. The van der Waals surface area contributed by atoms with Crippen molar-refractivity contribution in [1.82, 2.24) is 0 Å². The number of aliphatic hydroxyl groups excluding tert-OH is 1. The van der Waals surface area contributed by atoms with Crippen LogP contribution in [0.1, 0.15) is 19.4 Å². The zero-order valence-corrected chi connectivity index (χ0v) is 13.6. The van der Waals surface area contributed by atoms with Crippen LogP contribution in [0.5, 0.6) is 11.5 Å². The second kappa shape index (κ2) is 9.00. The third-order valence-electron chi connectivity index (χ3n) is 2.60. The van der Waals surface area contributed by atoms with E-state index in [1.165, 1.54) is 0 Å². The van der Waals surface area contributed by atoms with Crippen LogP contribution in [-0.4, -0.2) is 31.0 Å². The summed E-state index contributed by atoms with van der Waals surface area (Å²) in [6.45, 7) is 9.85. The Hall–Kier alpha value is -1.04. The summed E-state index contributed by atoms with van der Waals surface area (Å²) in [5.74, 6) is 1.43. The Morgan fingerprint density at radius 2 is 2.20 bits per heavy atom. The number of benzene rings is 1. The lowest BCUT2D eigenvalue weighted by molar-refractivity contribution is -0.676. The largest absolute Gasteiger partial charge is 0.490 e. The second-order valence-electron chi connectivity index (χ2n) is 4.52. The Morgan fingerprint density at radius 1 is 1.45 bits per heavy atom. The number of hydrogen-bond donors (Lipinski definition) is 2. The minimum Gasteiger partial charge on any atom is -0.490 e. The molecule has 0 aliphatic carbocycles. The van der Waals surface area contributed by atoms with Crippen molar-refractivity contribution in [2.24, 2.45) is 0 Å². The van der Waals surface area contributed by atoms with Crippen molar-refractivity contribution < 1.29 is 19.9 Å². The minimum atomic E-state index is -0.306. The van der Waals surface area contributed by atoms with Crippen molar-refractivity contribution in [3.63, 3.8) is 0 Å². The highest BCUT2D eigenvalue weighted by molar-refractivity contribution is 9.10. The first kappa shape index (κ1) is 17.0. The van der Waals surface area contributed by atoms with Gasteiger partial charge in [0.15, 0.2) is 11.5 Å². The molecule has 1 atom stereocenters. The molecule has 0 amide bonds. The average molecular weight is 345 g/mol. The molecule has 5 heteroatoms. The molecule has 20 heavy (non-hydrogen) atoms. The molecule has 4 nitrogen and oxygen atoms in total. The summed E-state index contributed by atoms with van der Waals surface area (Å²) in [6.07, 6.45) is 1.40. The molecule has 0 radical (unpaired) electrons. The quantitative estimate of drug-likeness (QED) is 0.672. The molecule has 0 bridgehead atoms. The number of nitrogens with two attached hydrogens (primary N) is 1. The third kappa shape index (κ3) is 5.53. The van der Waals surface area contributed by atoms with Crippen molar-refractivity contribution in [1.29, 1.82) is 0 Å². The van der Waals surface area contributed by atoms with E-state index in [0.717, 1.165) is 22.3 Å². The van der Waals surface area contributed by atoms with Crippen LogP contribution in [0.2, 0.25) is 0 Å². The number of quaternary nitrogens is 1. The van der Waals surface area contributed by atoms with E-state index in [1.807, 2.05) is 19.1 Å². The summed E-state index contributed by atoms with van der Waals surface area (Å²) in [5.41, 5.74) is 1.12. The Kier molecular flexibility index (Phi) is 7.65. The molecule has 0 fully saturated rings. The lowest BCUT2D eigenvalue weighted by atomic mass is 10.2. The van der Waals surface area contributed by atoms with Gasteiger partial charge in [-0.2, -0.15) is 0 Å². The Bertz CT molecular complexity index is 435. The normalized spacial score (nSPS) is 12.0. The number of hydrogen-bond acceptors (Lipinski definition) is 3. The fraction of sp³-hybridized carbons (Fsp3) is 0.467. The van der Waals surface area contributed by atoms with E-state index in [1.54, 1.807) is 13.0 Å². The molecule has 1 aromatic carbocycles. The van der Waals surface area contributed by atoms with Crippen molar-refractivity contribution in [3.8, 4) is 11.5 Å². The monoisotopic (exact) mass is 344 g/mol. The van der Waals surface area contributed by atoms with E-state index in [0.29, 0.717) is 25.5 Å². The molecule has 0 aromatic heterocycles. The topological polar surface area (TPSA) is 55.3 Å². The summed E-state index contributed by atoms with van der Waals surface area (Å²) in [5, 5.41) is 11.3. The molecular formula is C15H23BrNO3+. The Labute approximate surface area is 128 Å². The van der Waals surface area contributed by atoms with Gasteiger partial charge in [-0.15, -0.1) is 0 Å². The number of rotatable bonds is 9. The predicted molar refractivity (Wildman–Crippen MR) is 83.2 cm³/mol. The number of halogens is 1. The van der Waals surface area contributed by atoms with Crippen LogP contribution in [0.25, 0.3) is 0 Å². The molecule has 0 unspecified atom stereocenters. The summed E-state index contributed by atoms with van der Waals surface area (Å²) >= 11 is 3.52. The van der Waals surface area contributed by atoms with Crippen molar-refractivity contribution in [3.05, 3.63) is 34.8 Å². The fourth-order valence-corrected chi connectivity index (χ4v) is 2.38. The lowest BCUT2D eigenvalue weighted by Gasteiger charge is -2.14. The van der Waals surface area contributed by atoms with E-state index >= 15 is 0 Å². The van der Waals surface area contributed by atoms with Crippen molar-refractivity contribution in [2.45, 2.75) is 26.5 Å². The summed E-state index contributed by atoms with van der Waals surface area (Å²) < 4.78 is 12.1. The molecule has 1 aromatic rings. The molecule has 0 saturated heterocycles. The number of aliphatic hydroxyl groups is 1. The number of ether oxygens (including phenoxy) is 2. The van der Waals surface area contributed by atoms with E-state index in [2.05, 4.69) is 27.8 Å². The van der Waals surface area contributed by atoms with Gasteiger partial charge in [-0.25, -0.2) is 0 Å². The van der Waals surface area contributed by atoms with E-state index in [-0.39, 0.29) is 6.10 Å². The minimum absolute atomic E-state index is 0.306. The highest BCUT2D eigenvalue weighted by Crippen LogP contribution is 2.36. The van der Waals surface area contributed by atoms with Crippen LogP contribution in [-0.2, 0) is 6.54 Å². The van der Waals surface area contributed by atoms with Crippen LogP contribution in [0.4, 0.5) is 0 Å². The Morgan fingerprint density at radius 3 is 2.80 bits per heavy atom. The van der Waals surface area contributed by atoms with Crippen molar-refractivity contribution in [2.75, 3.05) is 19.8 Å². The first-order chi connectivity index (χ1) is 9.58. The zero-order chi connectivity index (χ0) is 15.0. The standard InChI is InChI=1S/C15H22BrNO3/c1-4-6-20-15-13(16)7-12(8-14(15)19-5-2)10-17-9-11(3)18/h4,7-8,11,17-18H,1,5-6,9-10H2,2-3H3/p+1/t11-/m0/s1. The molecule has 3 N–H and O–H groups in total. The maximum atomic E-state index is 9.27. The smallest absolute Gasteiger partial charge is 0.175 e. The Balaban J connectivity index is 2.85. The molecule has 0 aliphatic rings. The lowest BCUT2D eigenvalue weighted by Crippen LogP contribution is -2.84. The summed E-state index contributed by atoms with van der Waals surface area (Å²) in [7, 11) is 0. The first-order valence-corrected chi connectivity index (χ1v) is 7.56. The second-order valence-corrected chi connectivity index (χ2v) is 5.37. The van der Waals surface area contributed by atoms with Gasteiger partial charge in [0.2, 0.25) is 0 Å². The van der Waals surface area contributed by atoms with Crippen LogP contribution >= 0.6 is 15.9 Å². The maximum absolute atomic E-state index is 9.27. The van der Waals surface area contributed by atoms with Gasteiger partial charge in [0, 0.05) is 5.56 Å². The highest BCUT2D eigenvalue weighted by atomic mass is 79.9. The van der Waals surface area contributed by atoms with Gasteiger partial charge in [0.1, 0.15) is 19.7 Å². The summed E-state index contributed by atoms with van der Waals surface area (Å²) in [4.78, 5) is 0. The van der Waals surface area contributed by atoms with Gasteiger partial charge in [-0.05, 0) is 41.9 Å². The van der Waals surface area contributed by atoms with Crippen molar-refractivity contribution >= 4 is 15.9 Å². The maximum Gasteiger partial charge on any atom is 0.175 e. The summed E-state index contributed by atoms with van der Waals surface area (Å²) in [6, 6.07) is 3.99. The molecule has 0 aliphatic heterocycles. The van der Waals surface area contributed by atoms with Crippen LogP contribution < -0.4 is 14.8 Å². The SMILES string of the molecule is C=CCOc1c(Br)cc(C[NH2+]C[C@H](C)O)cc1OCC. The molecule has 112 valence electrons. The van der Waals surface area contributed by atoms with Crippen LogP contribution in [0.15, 0.2) is 29.3 Å². The molecule has 0 heterocycles. The van der Waals surface area contributed by atoms with Gasteiger partial charge in [-0.3, -0.25) is 0 Å². The highest BCUT2D eigenvalue weighted by Gasteiger charge is 2.13. The van der Waals surface area contributed by atoms with Gasteiger partial charge < -0.3 is 19.9 Å². The van der Waals surface area contributed by atoms with Crippen LogP contribution in [0, 0.1) is 0 Å². The van der Waals surface area contributed by atoms with Gasteiger partial charge >= 0.3 is 0 Å². The van der Waals surface area contributed by atoms with Crippen LogP contribution in [0.3, 0.4) is 0 Å². The van der Waals surface area contributed by atoms with Gasteiger partial charge in [0.25, 0.3) is 0 Å². The van der Waals surface area contributed by atoms with E-state index in [4.69, 9.17) is 9.47 Å². The van der Waals surface area contributed by atoms with E-state index < -0.39 is 0 Å². The fourth-order valence-electron chi connectivity index (χ4n) is 1.78. The third-order valence-corrected chi connectivity index (χ3v) is 3.19. The predicted octanol–water partition coefficient (Wildman–Crippen LogP) is 1.86. The van der Waals surface area contributed by atoms with Gasteiger partial charge in [-0.1, -0.05) is 12.7 Å². The molecule has 1 rings (SSSR count). The van der Waals surface area contributed by atoms with E-state index in [9.17, 15) is 5.11 Å². The zero-order valence-electron chi connectivity index (χ0n) is 12.1. The van der Waals surface area contributed by atoms with Gasteiger partial charge in [0.05, 0.1) is 17.2 Å². The average Bonchev–Trinajstić information content (AvgIpc) is 2.38. The molecule has 0 saturated carbocycles.